The van der Waals surface area contributed by atoms with Crippen molar-refractivity contribution >= 4 is 34.2 Å². The van der Waals surface area contributed by atoms with Crippen LogP contribution in [0.5, 0.6) is 11.8 Å². The molecule has 2 aromatic carbocycles. The van der Waals surface area contributed by atoms with Gasteiger partial charge in [0, 0.05) is 36.6 Å². The van der Waals surface area contributed by atoms with Gasteiger partial charge < -0.3 is 24.2 Å². The molecule has 9 nitrogen and oxygen atoms in total. The third kappa shape index (κ3) is 5.26. The minimum Gasteiger partial charge on any atom is -0.487 e. The van der Waals surface area contributed by atoms with Crippen LogP contribution in [0.25, 0.3) is 22.0 Å². The van der Waals surface area contributed by atoms with Crippen LogP contribution in [0.15, 0.2) is 36.9 Å². The van der Waals surface area contributed by atoms with E-state index < -0.39 is 0 Å². The monoisotopic (exact) mass is 638 g/mol. The highest BCUT2D eigenvalue weighted by Gasteiger charge is 2.46. The van der Waals surface area contributed by atoms with E-state index in [1.54, 1.807) is 4.90 Å². The number of halogens is 1. The summed E-state index contributed by atoms with van der Waals surface area (Å²) >= 11 is 7.27. The van der Waals surface area contributed by atoms with Crippen molar-refractivity contribution in [3.63, 3.8) is 0 Å². The quantitative estimate of drug-likeness (QED) is 0.274. The van der Waals surface area contributed by atoms with Crippen LogP contribution >= 0.6 is 11.6 Å². The number of piperazine rings is 1. The van der Waals surface area contributed by atoms with Gasteiger partial charge in [0.25, 0.3) is 0 Å². The van der Waals surface area contributed by atoms with E-state index in [9.17, 15) is 10.1 Å². The Morgan fingerprint density at radius 2 is 2.07 bits per heavy atom. The van der Waals surface area contributed by atoms with E-state index in [4.69, 9.17) is 31.0 Å². The van der Waals surface area contributed by atoms with Gasteiger partial charge in [-0.2, -0.15) is 15.2 Å². The second-order valence-electron chi connectivity index (χ2n) is 13.6. The van der Waals surface area contributed by atoms with Gasteiger partial charge in [-0.1, -0.05) is 36.4 Å². The third-order valence-corrected chi connectivity index (χ3v) is 10.9. The highest BCUT2D eigenvalue weighted by Crippen LogP contribution is 2.59. The Morgan fingerprint density at radius 1 is 1.20 bits per heavy atom. The molecule has 3 heterocycles. The predicted octanol–water partition coefficient (Wildman–Crippen LogP) is 5.74. The Balaban J connectivity index is 1.27. The molecule has 3 aromatic rings. The summed E-state index contributed by atoms with van der Waals surface area (Å²) in [7, 11) is 2.13. The Labute approximate surface area is 274 Å². The van der Waals surface area contributed by atoms with Crippen molar-refractivity contribution in [3.05, 3.63) is 53.1 Å². The number of amides is 1. The van der Waals surface area contributed by atoms with E-state index in [2.05, 4.69) is 47.7 Å². The lowest BCUT2D eigenvalue weighted by atomic mass is 9.93. The second kappa shape index (κ2) is 11.7. The van der Waals surface area contributed by atoms with Crippen molar-refractivity contribution in [2.24, 2.45) is 5.92 Å². The van der Waals surface area contributed by atoms with E-state index in [-0.39, 0.29) is 24.5 Å². The molecule has 1 aromatic heterocycles. The standard InChI is InChI=1S/C36H39ClN6O3/c1-3-31(44)43-15-14-42(19-22(43)11-12-38)35-29-18-30(37)32(26-8-4-7-25-27-16-21(27)17-28(25)26)34(46-24-9-10-24)33(29)39-36(40-35)45-20-23-6-5-13-41(23)2/h3-4,7-8,18,21-24,27H,1,5-6,9-11,13-17,19-20H2,2H3/t21-,22-,23-,27-/m0/s1. The Bertz CT molecular complexity index is 1770. The second-order valence-corrected chi connectivity index (χ2v) is 14.0. The van der Waals surface area contributed by atoms with Gasteiger partial charge in [-0.3, -0.25) is 4.79 Å². The van der Waals surface area contributed by atoms with Crippen LogP contribution in [0.1, 0.15) is 55.6 Å². The first kappa shape index (κ1) is 29.5. The number of aromatic nitrogens is 2. The number of likely N-dealkylation sites (tertiary alicyclic amines) is 1. The van der Waals surface area contributed by atoms with Crippen LogP contribution < -0.4 is 14.4 Å². The fourth-order valence-corrected chi connectivity index (χ4v) is 8.12. The summed E-state index contributed by atoms with van der Waals surface area (Å²) in [5.74, 6) is 2.61. The van der Waals surface area contributed by atoms with Crippen molar-refractivity contribution < 1.29 is 14.3 Å². The molecule has 3 aliphatic carbocycles. The number of hydrogen-bond acceptors (Lipinski definition) is 8. The summed E-state index contributed by atoms with van der Waals surface area (Å²) in [5.41, 5.74) is 5.54. The zero-order valence-corrected chi connectivity index (χ0v) is 27.0. The average molecular weight is 639 g/mol. The number of ether oxygens (including phenoxy) is 2. The maximum atomic E-state index is 12.7. The fourth-order valence-electron chi connectivity index (χ4n) is 7.82. The predicted molar refractivity (Wildman–Crippen MR) is 177 cm³/mol. The zero-order chi connectivity index (χ0) is 31.5. The lowest BCUT2D eigenvalue weighted by Crippen LogP contribution is -2.55. The Morgan fingerprint density at radius 3 is 2.83 bits per heavy atom. The average Bonchev–Trinajstić information content (AvgIpc) is 3.97. The van der Waals surface area contributed by atoms with Gasteiger partial charge in [-0.05, 0) is 92.8 Å². The van der Waals surface area contributed by atoms with Gasteiger partial charge in [0.2, 0.25) is 5.91 Å². The largest absolute Gasteiger partial charge is 0.487 e. The molecular weight excluding hydrogens is 600 g/mol. The molecule has 5 aliphatic rings. The number of likely N-dealkylation sites (N-methyl/N-ethyl adjacent to an activating group) is 1. The summed E-state index contributed by atoms with van der Waals surface area (Å²) in [6.45, 7) is 6.64. The van der Waals surface area contributed by atoms with E-state index in [1.165, 1.54) is 23.6 Å². The number of hydrogen-bond donors (Lipinski definition) is 0. The van der Waals surface area contributed by atoms with Crippen LogP contribution in [0, 0.1) is 17.2 Å². The van der Waals surface area contributed by atoms with Crippen LogP contribution in [0.4, 0.5) is 5.82 Å². The molecule has 0 N–H and O–H groups in total. The van der Waals surface area contributed by atoms with Crippen molar-refractivity contribution in [1.82, 2.24) is 19.8 Å². The number of benzene rings is 2. The first-order valence-electron chi connectivity index (χ1n) is 16.6. The van der Waals surface area contributed by atoms with Crippen LogP contribution in [-0.4, -0.2) is 83.7 Å². The molecule has 1 amide bonds. The normalized spacial score (nSPS) is 25.2. The molecule has 0 bridgehead atoms. The molecule has 0 unspecified atom stereocenters. The molecule has 0 radical (unpaired) electrons. The summed E-state index contributed by atoms with van der Waals surface area (Å²) in [5, 5.41) is 11.0. The van der Waals surface area contributed by atoms with Gasteiger partial charge in [-0.15, -0.1) is 0 Å². The highest BCUT2D eigenvalue weighted by molar-refractivity contribution is 6.35. The molecule has 8 rings (SSSR count). The zero-order valence-electron chi connectivity index (χ0n) is 26.3. The Hall–Kier alpha value is -3.87. The van der Waals surface area contributed by atoms with Crippen molar-refractivity contribution in [2.45, 2.75) is 69.1 Å². The highest BCUT2D eigenvalue weighted by atomic mass is 35.5. The molecule has 2 saturated heterocycles. The molecule has 46 heavy (non-hydrogen) atoms. The number of fused-ring (bicyclic) bond motifs is 4. The summed E-state index contributed by atoms with van der Waals surface area (Å²) < 4.78 is 13.1. The van der Waals surface area contributed by atoms with Crippen molar-refractivity contribution in [1.29, 1.82) is 5.26 Å². The van der Waals surface area contributed by atoms with E-state index >= 15 is 0 Å². The maximum Gasteiger partial charge on any atom is 0.319 e. The summed E-state index contributed by atoms with van der Waals surface area (Å²) in [6.07, 6.45) is 8.20. The van der Waals surface area contributed by atoms with Crippen LogP contribution in [-0.2, 0) is 11.2 Å². The number of carbonyl (C=O) groups is 1. The Kier molecular flexibility index (Phi) is 7.53. The number of rotatable bonds is 9. The van der Waals surface area contributed by atoms with Gasteiger partial charge >= 0.3 is 6.01 Å². The summed E-state index contributed by atoms with van der Waals surface area (Å²) in [4.78, 5) is 28.9. The lowest BCUT2D eigenvalue weighted by molar-refractivity contribution is -0.128. The van der Waals surface area contributed by atoms with Gasteiger partial charge in [-0.25, -0.2) is 0 Å². The minimum atomic E-state index is -0.305. The van der Waals surface area contributed by atoms with Crippen LogP contribution in [0.2, 0.25) is 5.02 Å². The van der Waals surface area contributed by atoms with E-state index in [0.29, 0.717) is 66.3 Å². The van der Waals surface area contributed by atoms with Crippen molar-refractivity contribution in [2.75, 3.05) is 44.7 Å². The van der Waals surface area contributed by atoms with Gasteiger partial charge in [0.05, 0.1) is 29.7 Å². The first-order chi connectivity index (χ1) is 22.4. The van der Waals surface area contributed by atoms with E-state index in [1.807, 2.05) is 6.07 Å². The number of nitriles is 1. The lowest BCUT2D eigenvalue weighted by Gasteiger charge is -2.41. The van der Waals surface area contributed by atoms with E-state index in [0.717, 1.165) is 61.1 Å². The van der Waals surface area contributed by atoms with Gasteiger partial charge in [0.15, 0.2) is 5.75 Å². The molecule has 2 saturated carbocycles. The topological polar surface area (TPSA) is 94.8 Å². The molecule has 238 valence electrons. The smallest absolute Gasteiger partial charge is 0.319 e. The number of anilines is 1. The minimum absolute atomic E-state index is 0.119. The fraction of sp³-hybridized carbons (Fsp3) is 0.500. The third-order valence-electron chi connectivity index (χ3n) is 10.6. The number of carbonyl (C=O) groups excluding carboxylic acids is 1. The maximum absolute atomic E-state index is 12.7. The molecule has 4 atom stereocenters. The summed E-state index contributed by atoms with van der Waals surface area (Å²) in [6, 6.07) is 11.1. The first-order valence-corrected chi connectivity index (χ1v) is 17.0. The molecule has 0 spiro atoms. The van der Waals surface area contributed by atoms with Gasteiger partial charge in [0.1, 0.15) is 17.9 Å². The molecule has 2 aliphatic heterocycles. The molecular formula is C36H39ClN6O3. The number of nitrogens with zero attached hydrogens (tertiary/aromatic N) is 6. The SMILES string of the molecule is C=CC(=O)N1CCN(c2nc(OC[C@@H]3CCCN3C)nc3c(OC4CC4)c(-c4cccc5c4C[C@@H]4C[C@H]54)c(Cl)cc23)C[C@@H]1CC#N. The molecule has 4 fully saturated rings. The van der Waals surface area contributed by atoms with Crippen molar-refractivity contribution in [3.8, 4) is 29.0 Å². The molecule has 10 heteroatoms. The van der Waals surface area contributed by atoms with Crippen LogP contribution in [0.3, 0.4) is 0 Å².